The third kappa shape index (κ3) is 4.18. The zero-order valence-corrected chi connectivity index (χ0v) is 9.95. The second kappa shape index (κ2) is 6.08. The van der Waals surface area contributed by atoms with Gasteiger partial charge in [0.2, 0.25) is 5.91 Å². The molecule has 0 saturated carbocycles. The Morgan fingerprint density at radius 3 is 2.87 bits per heavy atom. The molecule has 1 fully saturated rings. The van der Waals surface area contributed by atoms with Crippen molar-refractivity contribution in [2.24, 2.45) is 5.92 Å². The van der Waals surface area contributed by atoms with Gasteiger partial charge in [0, 0.05) is 19.8 Å². The van der Waals surface area contributed by atoms with Crippen molar-refractivity contribution in [3.8, 4) is 0 Å². The Balaban J connectivity index is 2.07. The van der Waals surface area contributed by atoms with Crippen LogP contribution >= 0.6 is 0 Å². The van der Waals surface area contributed by atoms with Crippen LogP contribution in [0.5, 0.6) is 0 Å². The van der Waals surface area contributed by atoms with Crippen LogP contribution in [0.2, 0.25) is 0 Å². The Hall–Kier alpha value is -0.610. The minimum atomic E-state index is 0.183. The van der Waals surface area contributed by atoms with Crippen LogP contribution in [0, 0.1) is 5.92 Å². The SMILES string of the molecule is CC(C)COCCCN1C(=O)CNC1C. The molecular formula is C11H22N2O2. The minimum Gasteiger partial charge on any atom is -0.381 e. The first kappa shape index (κ1) is 12.5. The summed E-state index contributed by atoms with van der Waals surface area (Å²) in [5, 5.41) is 3.11. The molecule has 1 aliphatic heterocycles. The molecule has 1 heterocycles. The van der Waals surface area contributed by atoms with Crippen LogP contribution < -0.4 is 5.32 Å². The number of nitrogens with zero attached hydrogens (tertiary/aromatic N) is 1. The highest BCUT2D eigenvalue weighted by molar-refractivity contribution is 5.80. The van der Waals surface area contributed by atoms with Gasteiger partial charge in [-0.05, 0) is 19.3 Å². The average molecular weight is 214 g/mol. The van der Waals surface area contributed by atoms with E-state index in [0.717, 1.165) is 26.2 Å². The van der Waals surface area contributed by atoms with Gasteiger partial charge in [-0.1, -0.05) is 13.8 Å². The number of hydrogen-bond acceptors (Lipinski definition) is 3. The lowest BCUT2D eigenvalue weighted by Crippen LogP contribution is -2.35. The number of amides is 1. The molecule has 0 aromatic heterocycles. The molecular weight excluding hydrogens is 192 g/mol. The van der Waals surface area contributed by atoms with Crippen molar-refractivity contribution in [3.63, 3.8) is 0 Å². The van der Waals surface area contributed by atoms with E-state index >= 15 is 0 Å². The van der Waals surface area contributed by atoms with Gasteiger partial charge in [0.05, 0.1) is 12.7 Å². The van der Waals surface area contributed by atoms with Gasteiger partial charge >= 0.3 is 0 Å². The summed E-state index contributed by atoms with van der Waals surface area (Å²) in [6.07, 6.45) is 1.10. The van der Waals surface area contributed by atoms with Crippen molar-refractivity contribution < 1.29 is 9.53 Å². The van der Waals surface area contributed by atoms with Crippen molar-refractivity contribution >= 4 is 5.91 Å². The molecule has 15 heavy (non-hydrogen) atoms. The lowest BCUT2D eigenvalue weighted by atomic mass is 10.2. The fourth-order valence-corrected chi connectivity index (χ4v) is 1.64. The molecule has 1 amide bonds. The van der Waals surface area contributed by atoms with Crippen LogP contribution in [0.3, 0.4) is 0 Å². The van der Waals surface area contributed by atoms with Gasteiger partial charge < -0.3 is 9.64 Å². The molecule has 1 aliphatic rings. The van der Waals surface area contributed by atoms with E-state index in [9.17, 15) is 4.79 Å². The van der Waals surface area contributed by atoms with Crippen LogP contribution in [0.15, 0.2) is 0 Å². The van der Waals surface area contributed by atoms with Gasteiger partial charge in [-0.25, -0.2) is 0 Å². The topological polar surface area (TPSA) is 41.6 Å². The summed E-state index contributed by atoms with van der Waals surface area (Å²) in [4.78, 5) is 13.3. The Labute approximate surface area is 92.0 Å². The summed E-state index contributed by atoms with van der Waals surface area (Å²) in [5.74, 6) is 0.783. The summed E-state index contributed by atoms with van der Waals surface area (Å²) in [7, 11) is 0. The maximum atomic E-state index is 11.4. The fourth-order valence-electron chi connectivity index (χ4n) is 1.64. The van der Waals surface area contributed by atoms with Crippen molar-refractivity contribution in [2.45, 2.75) is 33.4 Å². The summed E-state index contributed by atoms with van der Waals surface area (Å²) in [6, 6.07) is 0. The lowest BCUT2D eigenvalue weighted by molar-refractivity contribution is -0.127. The van der Waals surface area contributed by atoms with Crippen molar-refractivity contribution in [1.29, 1.82) is 0 Å². The Bertz CT molecular complexity index is 207. The molecule has 0 aromatic rings. The second-order valence-electron chi connectivity index (χ2n) is 4.47. The number of rotatable bonds is 6. The first-order chi connectivity index (χ1) is 7.11. The Morgan fingerprint density at radius 1 is 1.60 bits per heavy atom. The standard InChI is InChI=1S/C11H22N2O2/c1-9(2)8-15-6-4-5-13-10(3)12-7-11(13)14/h9-10,12H,4-8H2,1-3H3. The number of nitrogens with one attached hydrogen (secondary N) is 1. The van der Waals surface area contributed by atoms with E-state index in [2.05, 4.69) is 19.2 Å². The summed E-state index contributed by atoms with van der Waals surface area (Å²) in [6.45, 7) is 9.11. The van der Waals surface area contributed by atoms with Crippen LogP contribution in [0.1, 0.15) is 27.2 Å². The van der Waals surface area contributed by atoms with E-state index < -0.39 is 0 Å². The maximum absolute atomic E-state index is 11.4. The average Bonchev–Trinajstić information content (AvgIpc) is 2.47. The molecule has 1 saturated heterocycles. The summed E-state index contributed by atoms with van der Waals surface area (Å²) >= 11 is 0. The fraction of sp³-hybridized carbons (Fsp3) is 0.909. The summed E-state index contributed by atoms with van der Waals surface area (Å²) < 4.78 is 5.47. The van der Waals surface area contributed by atoms with Gasteiger partial charge in [-0.15, -0.1) is 0 Å². The zero-order valence-electron chi connectivity index (χ0n) is 9.95. The van der Waals surface area contributed by atoms with Gasteiger partial charge in [0.1, 0.15) is 0 Å². The first-order valence-corrected chi connectivity index (χ1v) is 5.72. The first-order valence-electron chi connectivity index (χ1n) is 5.72. The van der Waals surface area contributed by atoms with E-state index in [1.807, 2.05) is 11.8 Å². The molecule has 0 bridgehead atoms. The molecule has 4 nitrogen and oxygen atoms in total. The molecule has 1 N–H and O–H groups in total. The molecule has 1 rings (SSSR count). The van der Waals surface area contributed by atoms with Crippen molar-refractivity contribution in [1.82, 2.24) is 10.2 Å². The van der Waals surface area contributed by atoms with Crippen molar-refractivity contribution in [2.75, 3.05) is 26.3 Å². The van der Waals surface area contributed by atoms with Crippen LogP contribution in [-0.4, -0.2) is 43.3 Å². The summed E-state index contributed by atoms with van der Waals surface area (Å²) in [5.41, 5.74) is 0. The lowest BCUT2D eigenvalue weighted by Gasteiger charge is -2.20. The van der Waals surface area contributed by atoms with E-state index in [1.54, 1.807) is 0 Å². The quantitative estimate of drug-likeness (QED) is 0.666. The van der Waals surface area contributed by atoms with Gasteiger partial charge in [-0.2, -0.15) is 0 Å². The van der Waals surface area contributed by atoms with Gasteiger partial charge in [0.15, 0.2) is 0 Å². The highest BCUT2D eigenvalue weighted by Gasteiger charge is 2.25. The molecule has 88 valence electrons. The third-order valence-electron chi connectivity index (χ3n) is 2.48. The molecule has 0 radical (unpaired) electrons. The largest absolute Gasteiger partial charge is 0.381 e. The monoisotopic (exact) mass is 214 g/mol. The number of hydrogen-bond donors (Lipinski definition) is 1. The van der Waals surface area contributed by atoms with E-state index in [4.69, 9.17) is 4.74 Å². The Kier molecular flexibility index (Phi) is 5.05. The molecule has 0 aliphatic carbocycles. The van der Waals surface area contributed by atoms with Crippen LogP contribution in [0.4, 0.5) is 0 Å². The molecule has 1 atom stereocenters. The smallest absolute Gasteiger partial charge is 0.237 e. The number of ether oxygens (including phenoxy) is 1. The normalized spacial score (nSPS) is 21.7. The van der Waals surface area contributed by atoms with E-state index in [0.29, 0.717) is 12.5 Å². The predicted octanol–water partition coefficient (Wildman–Crippen LogP) is 0.827. The third-order valence-corrected chi connectivity index (χ3v) is 2.48. The predicted molar refractivity (Wildman–Crippen MR) is 59.5 cm³/mol. The molecule has 1 unspecified atom stereocenters. The maximum Gasteiger partial charge on any atom is 0.237 e. The molecule has 0 aromatic carbocycles. The molecule has 0 spiro atoms. The van der Waals surface area contributed by atoms with Gasteiger partial charge in [-0.3, -0.25) is 10.1 Å². The number of carbonyl (C=O) groups excluding carboxylic acids is 1. The zero-order chi connectivity index (χ0) is 11.3. The van der Waals surface area contributed by atoms with Crippen molar-refractivity contribution in [3.05, 3.63) is 0 Å². The van der Waals surface area contributed by atoms with E-state index in [1.165, 1.54) is 0 Å². The highest BCUT2D eigenvalue weighted by atomic mass is 16.5. The second-order valence-corrected chi connectivity index (χ2v) is 4.47. The molecule has 4 heteroatoms. The van der Waals surface area contributed by atoms with Crippen LogP contribution in [-0.2, 0) is 9.53 Å². The van der Waals surface area contributed by atoms with Crippen LogP contribution in [0.25, 0.3) is 0 Å². The minimum absolute atomic E-state index is 0.183. The Morgan fingerprint density at radius 2 is 2.33 bits per heavy atom. The number of carbonyl (C=O) groups is 1. The highest BCUT2D eigenvalue weighted by Crippen LogP contribution is 2.05. The van der Waals surface area contributed by atoms with Gasteiger partial charge in [0.25, 0.3) is 0 Å². The van der Waals surface area contributed by atoms with E-state index in [-0.39, 0.29) is 12.1 Å².